The van der Waals surface area contributed by atoms with E-state index in [0.29, 0.717) is 17.9 Å². The van der Waals surface area contributed by atoms with Crippen LogP contribution in [0.3, 0.4) is 0 Å². The van der Waals surface area contributed by atoms with Gasteiger partial charge >= 0.3 is 0 Å². The highest BCUT2D eigenvalue weighted by Crippen LogP contribution is 2.30. The molecule has 0 aliphatic carbocycles. The van der Waals surface area contributed by atoms with Gasteiger partial charge in [-0.25, -0.2) is 0 Å². The molecule has 0 fully saturated rings. The molecule has 0 aromatic carbocycles. The fourth-order valence-electron chi connectivity index (χ4n) is 2.44. The van der Waals surface area contributed by atoms with Gasteiger partial charge < -0.3 is 19.6 Å². The second kappa shape index (κ2) is 7.40. The van der Waals surface area contributed by atoms with Gasteiger partial charge in [0.25, 0.3) is 5.91 Å². The van der Waals surface area contributed by atoms with E-state index in [-0.39, 0.29) is 18.4 Å². The van der Waals surface area contributed by atoms with Crippen molar-refractivity contribution in [2.45, 2.75) is 20.4 Å². The first-order valence-corrected chi connectivity index (χ1v) is 8.68. The summed E-state index contributed by atoms with van der Waals surface area (Å²) in [6.07, 6.45) is 5.35. The Morgan fingerprint density at radius 2 is 1.92 bits per heavy atom. The van der Waals surface area contributed by atoms with Crippen molar-refractivity contribution < 1.29 is 14.0 Å². The van der Waals surface area contributed by atoms with Crippen LogP contribution < -0.4 is 10.6 Å². The van der Waals surface area contributed by atoms with Crippen LogP contribution in [-0.4, -0.2) is 22.9 Å². The third kappa shape index (κ3) is 3.83. The summed E-state index contributed by atoms with van der Waals surface area (Å²) >= 11 is 1.56. The highest BCUT2D eigenvalue weighted by atomic mass is 32.1. The van der Waals surface area contributed by atoms with Gasteiger partial charge in [-0.05, 0) is 43.7 Å². The second-order valence-corrected chi connectivity index (χ2v) is 6.80. The van der Waals surface area contributed by atoms with Gasteiger partial charge in [0.05, 0.1) is 24.9 Å². The molecule has 7 heteroatoms. The van der Waals surface area contributed by atoms with Gasteiger partial charge in [-0.3, -0.25) is 9.59 Å². The molecule has 3 rings (SSSR count). The lowest BCUT2D eigenvalue weighted by molar-refractivity contribution is -0.120. The number of amides is 2. The molecule has 0 radical (unpaired) electrons. The predicted octanol–water partition coefficient (Wildman–Crippen LogP) is 2.79. The third-order valence-electron chi connectivity index (χ3n) is 3.88. The maximum atomic E-state index is 12.6. The molecule has 0 bridgehead atoms. The number of hydrogen-bond acceptors (Lipinski definition) is 4. The number of rotatable bonds is 6. The summed E-state index contributed by atoms with van der Waals surface area (Å²) in [5.41, 5.74) is 1.54. The van der Waals surface area contributed by atoms with Gasteiger partial charge in [0.15, 0.2) is 0 Å². The molecule has 25 heavy (non-hydrogen) atoms. The molecule has 3 aromatic rings. The Balaban J connectivity index is 1.64. The summed E-state index contributed by atoms with van der Waals surface area (Å²) in [7, 11) is 0. The lowest BCUT2D eigenvalue weighted by atomic mass is 10.1. The van der Waals surface area contributed by atoms with Crippen LogP contribution in [0.25, 0.3) is 5.00 Å². The van der Waals surface area contributed by atoms with Crippen LogP contribution in [0.4, 0.5) is 0 Å². The van der Waals surface area contributed by atoms with Gasteiger partial charge in [0.1, 0.15) is 10.8 Å². The zero-order valence-corrected chi connectivity index (χ0v) is 14.9. The summed E-state index contributed by atoms with van der Waals surface area (Å²) in [5.74, 6) is 0.148. The van der Waals surface area contributed by atoms with Gasteiger partial charge in [-0.2, -0.15) is 0 Å². The first kappa shape index (κ1) is 17.0. The Bertz CT molecular complexity index is 864. The van der Waals surface area contributed by atoms with Crippen molar-refractivity contribution in [2.75, 3.05) is 6.54 Å². The molecule has 3 heterocycles. The summed E-state index contributed by atoms with van der Waals surface area (Å²) in [6, 6.07) is 7.36. The Kier molecular flexibility index (Phi) is 5.04. The summed E-state index contributed by atoms with van der Waals surface area (Å²) < 4.78 is 7.06. The van der Waals surface area contributed by atoms with Crippen LogP contribution in [0, 0.1) is 13.8 Å². The number of carbonyl (C=O) groups excluding carboxylic acids is 2. The molecule has 0 spiro atoms. The van der Waals surface area contributed by atoms with Crippen molar-refractivity contribution in [1.29, 1.82) is 0 Å². The van der Waals surface area contributed by atoms with Gasteiger partial charge in [-0.15, -0.1) is 11.3 Å². The molecule has 0 aliphatic heterocycles. The topological polar surface area (TPSA) is 76.3 Å². The molecule has 0 unspecified atom stereocenters. The summed E-state index contributed by atoms with van der Waals surface area (Å²) in [4.78, 5) is 25.6. The highest BCUT2D eigenvalue weighted by Gasteiger charge is 2.20. The molecule has 0 aliphatic rings. The minimum Gasteiger partial charge on any atom is -0.467 e. The monoisotopic (exact) mass is 357 g/mol. The zero-order valence-electron chi connectivity index (χ0n) is 14.0. The van der Waals surface area contributed by atoms with Crippen LogP contribution >= 0.6 is 11.3 Å². The molecule has 2 N–H and O–H groups in total. The van der Waals surface area contributed by atoms with Crippen molar-refractivity contribution in [1.82, 2.24) is 15.2 Å². The molecule has 6 nitrogen and oxygen atoms in total. The van der Waals surface area contributed by atoms with Crippen LogP contribution in [0.2, 0.25) is 0 Å². The van der Waals surface area contributed by atoms with Crippen molar-refractivity contribution in [3.63, 3.8) is 0 Å². The van der Waals surface area contributed by atoms with E-state index in [1.54, 1.807) is 29.7 Å². The summed E-state index contributed by atoms with van der Waals surface area (Å²) in [6.45, 7) is 4.12. The fourth-order valence-corrected chi connectivity index (χ4v) is 3.56. The molecule has 2 amide bonds. The van der Waals surface area contributed by atoms with E-state index < -0.39 is 0 Å². The SMILES string of the molecule is Cc1sc(-n2cccc2)c(C(=O)NCC(=O)NCc2ccco2)c1C. The Morgan fingerprint density at radius 1 is 1.16 bits per heavy atom. The van der Waals surface area contributed by atoms with Crippen LogP contribution in [-0.2, 0) is 11.3 Å². The number of furan rings is 1. The predicted molar refractivity (Wildman–Crippen MR) is 96.0 cm³/mol. The minimum atomic E-state index is -0.267. The van der Waals surface area contributed by atoms with E-state index >= 15 is 0 Å². The number of aryl methyl sites for hydroxylation is 1. The normalized spacial score (nSPS) is 10.6. The van der Waals surface area contributed by atoms with Gasteiger partial charge in [-0.1, -0.05) is 0 Å². The lowest BCUT2D eigenvalue weighted by Crippen LogP contribution is -2.36. The van der Waals surface area contributed by atoms with E-state index in [4.69, 9.17) is 4.42 Å². The fraction of sp³-hybridized carbons (Fsp3) is 0.222. The second-order valence-electron chi connectivity index (χ2n) is 5.59. The maximum Gasteiger partial charge on any atom is 0.255 e. The molecule has 0 saturated carbocycles. The van der Waals surface area contributed by atoms with Crippen molar-refractivity contribution in [3.8, 4) is 5.00 Å². The first-order valence-electron chi connectivity index (χ1n) is 7.87. The largest absolute Gasteiger partial charge is 0.467 e. The average Bonchev–Trinajstić information content (AvgIpc) is 3.33. The Morgan fingerprint density at radius 3 is 2.60 bits per heavy atom. The van der Waals surface area contributed by atoms with E-state index in [1.807, 2.05) is 42.9 Å². The molecule has 130 valence electrons. The van der Waals surface area contributed by atoms with E-state index in [2.05, 4.69) is 10.6 Å². The Labute approximate surface area is 149 Å². The first-order chi connectivity index (χ1) is 12.1. The number of thiophene rings is 1. The number of carbonyl (C=O) groups is 2. The van der Waals surface area contributed by atoms with Crippen LogP contribution in [0.15, 0.2) is 47.3 Å². The number of aromatic nitrogens is 1. The van der Waals surface area contributed by atoms with Gasteiger partial charge in [0, 0.05) is 17.3 Å². The number of hydrogen-bond donors (Lipinski definition) is 2. The third-order valence-corrected chi connectivity index (χ3v) is 5.10. The van der Waals surface area contributed by atoms with Crippen LogP contribution in [0.1, 0.15) is 26.6 Å². The summed E-state index contributed by atoms with van der Waals surface area (Å²) in [5, 5.41) is 6.26. The van der Waals surface area contributed by atoms with E-state index in [1.165, 1.54) is 0 Å². The Hall–Kier alpha value is -2.80. The minimum absolute atomic E-state index is 0.0843. The quantitative estimate of drug-likeness (QED) is 0.712. The van der Waals surface area contributed by atoms with Crippen LogP contribution in [0.5, 0.6) is 0 Å². The smallest absolute Gasteiger partial charge is 0.255 e. The lowest BCUT2D eigenvalue weighted by Gasteiger charge is -2.08. The van der Waals surface area contributed by atoms with Crippen molar-refractivity contribution >= 4 is 23.2 Å². The standard InChI is InChI=1S/C18H19N3O3S/c1-12-13(2)25-18(21-7-3-4-8-21)16(12)17(23)20-11-15(22)19-10-14-6-5-9-24-14/h3-9H,10-11H2,1-2H3,(H,19,22)(H,20,23). The van der Waals surface area contributed by atoms with E-state index in [9.17, 15) is 9.59 Å². The number of nitrogens with zero attached hydrogens (tertiary/aromatic N) is 1. The van der Waals surface area contributed by atoms with Crippen molar-refractivity contribution in [2.24, 2.45) is 0 Å². The molecule has 0 saturated heterocycles. The number of nitrogens with one attached hydrogen (secondary N) is 2. The highest BCUT2D eigenvalue weighted by molar-refractivity contribution is 7.15. The molecular formula is C18H19N3O3S. The van der Waals surface area contributed by atoms with Crippen molar-refractivity contribution in [3.05, 3.63) is 64.7 Å². The molecule has 0 atom stereocenters. The zero-order chi connectivity index (χ0) is 17.8. The molecule has 3 aromatic heterocycles. The average molecular weight is 357 g/mol. The van der Waals surface area contributed by atoms with E-state index in [0.717, 1.165) is 15.4 Å². The van der Waals surface area contributed by atoms with Gasteiger partial charge in [0.2, 0.25) is 5.91 Å². The molecular weight excluding hydrogens is 338 g/mol. The maximum absolute atomic E-state index is 12.6.